The van der Waals surface area contributed by atoms with Crippen LogP contribution in [0.25, 0.3) is 27.7 Å². The number of nitriles is 1. The van der Waals surface area contributed by atoms with Crippen molar-refractivity contribution in [3.63, 3.8) is 0 Å². The average molecular weight is 491 g/mol. The van der Waals surface area contributed by atoms with Crippen molar-refractivity contribution in [1.82, 2.24) is 24.5 Å². The van der Waals surface area contributed by atoms with Gasteiger partial charge in [0, 0.05) is 23.1 Å². The van der Waals surface area contributed by atoms with Crippen molar-refractivity contribution in [3.05, 3.63) is 94.7 Å². The minimum atomic E-state index is -0.429. The molecular formula is C27H22N8O2. The molecule has 5 aromatic rings. The number of fused-ring (bicyclic) bond motifs is 1. The average Bonchev–Trinajstić information content (AvgIpc) is 2.93. The molecule has 0 amide bonds. The molecule has 37 heavy (non-hydrogen) atoms. The van der Waals surface area contributed by atoms with E-state index in [-0.39, 0.29) is 28.9 Å². The van der Waals surface area contributed by atoms with Crippen molar-refractivity contribution < 1.29 is 4.74 Å². The first-order valence-electron chi connectivity index (χ1n) is 11.4. The summed E-state index contributed by atoms with van der Waals surface area (Å²) < 4.78 is 6.84. The fourth-order valence-electron chi connectivity index (χ4n) is 4.21. The number of nitrogens with one attached hydrogen (secondary N) is 1. The van der Waals surface area contributed by atoms with Gasteiger partial charge in [-0.25, -0.2) is 9.97 Å². The third kappa shape index (κ3) is 4.41. The molecule has 0 radical (unpaired) electrons. The summed E-state index contributed by atoms with van der Waals surface area (Å²) in [6, 6.07) is 20.5. The number of anilines is 2. The number of hydrogen-bond donors (Lipinski definition) is 2. The summed E-state index contributed by atoms with van der Waals surface area (Å²) in [5.74, 6) is 0.328. The Labute approximate surface area is 212 Å². The summed E-state index contributed by atoms with van der Waals surface area (Å²) in [5, 5.41) is 14.0. The van der Waals surface area contributed by atoms with Crippen LogP contribution < -0.4 is 21.3 Å². The normalized spacial score (nSPS) is 11.6. The van der Waals surface area contributed by atoms with E-state index >= 15 is 0 Å². The van der Waals surface area contributed by atoms with E-state index in [1.807, 2.05) is 61.5 Å². The Bertz CT molecular complexity index is 1710. The molecule has 3 heterocycles. The van der Waals surface area contributed by atoms with Gasteiger partial charge in [0.2, 0.25) is 5.95 Å². The quantitative estimate of drug-likeness (QED) is 0.362. The summed E-state index contributed by atoms with van der Waals surface area (Å²) in [7, 11) is 1.49. The summed E-state index contributed by atoms with van der Waals surface area (Å²) in [6.07, 6.45) is 2.96. The highest BCUT2D eigenvalue weighted by molar-refractivity contribution is 5.95. The molecule has 182 valence electrons. The number of hydrogen-bond acceptors (Lipinski definition) is 9. The number of nitrogens with zero attached hydrogens (tertiary/aromatic N) is 6. The van der Waals surface area contributed by atoms with Gasteiger partial charge in [-0.05, 0) is 36.6 Å². The van der Waals surface area contributed by atoms with Gasteiger partial charge in [-0.3, -0.25) is 9.36 Å². The van der Waals surface area contributed by atoms with Crippen LogP contribution in [0.3, 0.4) is 0 Å². The van der Waals surface area contributed by atoms with Crippen LogP contribution in [0.4, 0.5) is 11.8 Å². The molecule has 0 bridgehead atoms. The monoisotopic (exact) mass is 490 g/mol. The molecule has 5 rings (SSSR count). The number of methoxy groups -OCH3 is 1. The number of nitrogen functional groups attached to an aromatic ring is 1. The maximum Gasteiger partial charge on any atom is 0.316 e. The second-order valence-electron chi connectivity index (χ2n) is 8.21. The van der Waals surface area contributed by atoms with Crippen molar-refractivity contribution in [2.24, 2.45) is 0 Å². The molecular weight excluding hydrogens is 468 g/mol. The zero-order valence-corrected chi connectivity index (χ0v) is 20.1. The second kappa shape index (κ2) is 9.75. The topological polar surface area (TPSA) is 145 Å². The van der Waals surface area contributed by atoms with Crippen LogP contribution in [-0.4, -0.2) is 31.6 Å². The fourth-order valence-corrected chi connectivity index (χ4v) is 4.21. The highest BCUT2D eigenvalue weighted by Crippen LogP contribution is 2.30. The van der Waals surface area contributed by atoms with Crippen LogP contribution in [0, 0.1) is 11.3 Å². The van der Waals surface area contributed by atoms with Gasteiger partial charge in [-0.15, -0.1) is 0 Å². The largest absolute Gasteiger partial charge is 0.467 e. The molecule has 0 aliphatic heterocycles. The molecule has 0 saturated carbocycles. The van der Waals surface area contributed by atoms with Gasteiger partial charge in [0.25, 0.3) is 5.56 Å². The van der Waals surface area contributed by atoms with Gasteiger partial charge in [-0.1, -0.05) is 36.4 Å². The number of nitrogens with two attached hydrogens (primary N) is 1. The Balaban J connectivity index is 1.74. The van der Waals surface area contributed by atoms with Crippen LogP contribution in [0.2, 0.25) is 0 Å². The first-order chi connectivity index (χ1) is 18.0. The Hall–Kier alpha value is -5.30. The van der Waals surface area contributed by atoms with Crippen molar-refractivity contribution in [2.75, 3.05) is 18.2 Å². The Kier molecular flexibility index (Phi) is 6.18. The molecule has 0 aliphatic carbocycles. The number of pyridine rings is 1. The molecule has 0 unspecified atom stereocenters. The number of benzene rings is 2. The molecule has 0 aliphatic rings. The minimum absolute atomic E-state index is 0.0394. The van der Waals surface area contributed by atoms with E-state index in [0.29, 0.717) is 28.0 Å². The molecule has 2 aromatic carbocycles. The highest BCUT2D eigenvalue weighted by atomic mass is 16.5. The van der Waals surface area contributed by atoms with E-state index in [1.54, 1.807) is 16.8 Å². The number of rotatable bonds is 6. The summed E-state index contributed by atoms with van der Waals surface area (Å²) in [5.41, 5.74) is 8.38. The van der Waals surface area contributed by atoms with E-state index < -0.39 is 6.04 Å². The standard InChI is InChI=1S/C27H22N8O2/c1-16(32-24-18(14-28)15-31-26(29)34-24)22-13-17-7-6-10-20(21-11-12-30-27(33-21)37-2)23(17)25(36)35(22)19-8-4-3-5-9-19/h3-13,15-16H,1-2H3,(H3,29,31,32,34)/t16-/m0/s1. The smallest absolute Gasteiger partial charge is 0.316 e. The Morgan fingerprint density at radius 1 is 1.08 bits per heavy atom. The molecule has 10 nitrogen and oxygen atoms in total. The number of ether oxygens (including phenoxy) is 1. The third-order valence-corrected chi connectivity index (χ3v) is 5.91. The van der Waals surface area contributed by atoms with E-state index in [0.717, 1.165) is 5.39 Å². The van der Waals surface area contributed by atoms with Crippen LogP contribution in [0.1, 0.15) is 24.2 Å². The maximum absolute atomic E-state index is 14.2. The number of para-hydroxylation sites is 1. The van der Waals surface area contributed by atoms with Gasteiger partial charge in [-0.2, -0.15) is 15.2 Å². The van der Waals surface area contributed by atoms with Gasteiger partial charge in [0.1, 0.15) is 17.5 Å². The third-order valence-electron chi connectivity index (χ3n) is 5.91. The summed E-state index contributed by atoms with van der Waals surface area (Å²) in [4.78, 5) is 30.8. The molecule has 0 saturated heterocycles. The van der Waals surface area contributed by atoms with Crippen molar-refractivity contribution >= 4 is 22.5 Å². The SMILES string of the molecule is COc1nccc(-c2cccc3cc([C@H](C)Nc4nc(N)ncc4C#N)n(-c4ccccc4)c(=O)c23)n1. The van der Waals surface area contributed by atoms with Crippen LogP contribution in [-0.2, 0) is 0 Å². The van der Waals surface area contributed by atoms with Gasteiger partial charge >= 0.3 is 6.01 Å². The molecule has 1 atom stereocenters. The highest BCUT2D eigenvalue weighted by Gasteiger charge is 2.20. The fraction of sp³-hybridized carbons (Fsp3) is 0.111. The summed E-state index contributed by atoms with van der Waals surface area (Å²) >= 11 is 0. The molecule has 0 spiro atoms. The van der Waals surface area contributed by atoms with E-state index in [9.17, 15) is 10.1 Å². The predicted octanol–water partition coefficient (Wildman–Crippen LogP) is 3.87. The van der Waals surface area contributed by atoms with Crippen molar-refractivity contribution in [3.8, 4) is 29.0 Å². The van der Waals surface area contributed by atoms with E-state index in [1.165, 1.54) is 13.3 Å². The van der Waals surface area contributed by atoms with Crippen LogP contribution in [0.15, 0.2) is 77.9 Å². The van der Waals surface area contributed by atoms with Crippen molar-refractivity contribution in [1.29, 1.82) is 5.26 Å². The van der Waals surface area contributed by atoms with Gasteiger partial charge < -0.3 is 15.8 Å². The van der Waals surface area contributed by atoms with Crippen LogP contribution >= 0.6 is 0 Å². The lowest BCUT2D eigenvalue weighted by molar-refractivity contribution is 0.380. The lowest BCUT2D eigenvalue weighted by Gasteiger charge is -2.22. The first-order valence-corrected chi connectivity index (χ1v) is 11.4. The first kappa shape index (κ1) is 23.4. The predicted molar refractivity (Wildman–Crippen MR) is 140 cm³/mol. The molecule has 10 heteroatoms. The van der Waals surface area contributed by atoms with E-state index in [2.05, 4.69) is 31.3 Å². The van der Waals surface area contributed by atoms with Crippen LogP contribution in [0.5, 0.6) is 6.01 Å². The molecule has 0 fully saturated rings. The summed E-state index contributed by atoms with van der Waals surface area (Å²) in [6.45, 7) is 1.89. The zero-order chi connectivity index (χ0) is 25.9. The zero-order valence-electron chi connectivity index (χ0n) is 20.1. The minimum Gasteiger partial charge on any atom is -0.467 e. The van der Waals surface area contributed by atoms with Crippen molar-refractivity contribution in [2.45, 2.75) is 13.0 Å². The second-order valence-corrected chi connectivity index (χ2v) is 8.21. The Morgan fingerprint density at radius 3 is 2.65 bits per heavy atom. The van der Waals surface area contributed by atoms with Gasteiger partial charge in [0.15, 0.2) is 0 Å². The number of aromatic nitrogens is 5. The van der Waals surface area contributed by atoms with Gasteiger partial charge in [0.05, 0.1) is 30.4 Å². The molecule has 3 N–H and O–H groups in total. The lowest BCUT2D eigenvalue weighted by Crippen LogP contribution is -2.26. The van der Waals surface area contributed by atoms with E-state index in [4.69, 9.17) is 10.5 Å². The molecule has 3 aromatic heterocycles. The lowest BCUT2D eigenvalue weighted by atomic mass is 10.0. The maximum atomic E-state index is 14.2. The Morgan fingerprint density at radius 2 is 1.89 bits per heavy atom.